The Hall–Kier alpha value is -2.55. The summed E-state index contributed by atoms with van der Waals surface area (Å²) in [5.74, 6) is 0.194. The summed E-state index contributed by atoms with van der Waals surface area (Å²) < 4.78 is 5.05. The van der Waals surface area contributed by atoms with Crippen molar-refractivity contribution in [3.63, 3.8) is 0 Å². The van der Waals surface area contributed by atoms with E-state index in [2.05, 4.69) is 10.1 Å². The van der Waals surface area contributed by atoms with Gasteiger partial charge < -0.3 is 9.42 Å². The molecule has 7 nitrogen and oxygen atoms in total. The largest absolute Gasteiger partial charge is 0.336 e. The number of hydrogen-bond donors (Lipinski definition) is 0. The maximum absolute atomic E-state index is 13.8. The van der Waals surface area contributed by atoms with Crippen LogP contribution in [0.15, 0.2) is 59.1 Å². The minimum absolute atomic E-state index is 0.0684. The highest BCUT2D eigenvalue weighted by Crippen LogP contribution is 2.55. The number of benzene rings is 2. The van der Waals surface area contributed by atoms with Crippen molar-refractivity contribution in [3.8, 4) is 0 Å². The average molecular weight is 461 g/mol. The summed E-state index contributed by atoms with van der Waals surface area (Å²) >= 11 is 12.9. The number of thioether (sulfide) groups is 1. The lowest BCUT2D eigenvalue weighted by molar-refractivity contribution is -0.123. The van der Waals surface area contributed by atoms with E-state index < -0.39 is 9.71 Å². The Morgan fingerprint density at radius 1 is 1.10 bits per heavy atom. The summed E-state index contributed by atoms with van der Waals surface area (Å²) in [6.45, 7) is 0.0684. The molecule has 0 saturated carbocycles. The van der Waals surface area contributed by atoms with E-state index in [1.165, 1.54) is 11.8 Å². The Morgan fingerprint density at radius 3 is 2.57 bits per heavy atom. The van der Waals surface area contributed by atoms with Crippen LogP contribution in [0, 0.1) is 0 Å². The minimum Gasteiger partial charge on any atom is -0.336 e. The molecule has 1 fully saturated rings. The molecule has 0 radical (unpaired) electrons. The minimum atomic E-state index is -1.18. The van der Waals surface area contributed by atoms with Gasteiger partial charge in [-0.15, -0.1) is 11.8 Å². The van der Waals surface area contributed by atoms with E-state index in [1.54, 1.807) is 9.80 Å². The van der Waals surface area contributed by atoms with Gasteiger partial charge in [-0.3, -0.25) is 14.5 Å². The lowest BCUT2D eigenvalue weighted by atomic mass is 10.0. The first-order valence-corrected chi connectivity index (χ1v) is 10.9. The number of aromatic nitrogens is 2. The zero-order valence-corrected chi connectivity index (χ0v) is 17.7. The second-order valence-corrected chi connectivity index (χ2v) is 9.02. The van der Waals surface area contributed by atoms with Gasteiger partial charge in [-0.05, 0) is 18.2 Å². The summed E-state index contributed by atoms with van der Waals surface area (Å²) in [6.07, 6.45) is 0. The molecule has 152 valence electrons. The van der Waals surface area contributed by atoms with Crippen LogP contribution in [0.25, 0.3) is 0 Å². The topological polar surface area (TPSA) is 79.5 Å². The second kappa shape index (κ2) is 7.30. The van der Waals surface area contributed by atoms with Gasteiger partial charge in [0.1, 0.15) is 0 Å². The molecule has 1 unspecified atom stereocenters. The molecule has 5 rings (SSSR count). The van der Waals surface area contributed by atoms with Crippen molar-refractivity contribution in [1.82, 2.24) is 10.1 Å². The monoisotopic (exact) mass is 460 g/mol. The summed E-state index contributed by atoms with van der Waals surface area (Å²) in [5, 5.41) is 3.88. The first-order chi connectivity index (χ1) is 14.5. The van der Waals surface area contributed by atoms with Crippen LogP contribution < -0.4 is 9.80 Å². The van der Waals surface area contributed by atoms with Gasteiger partial charge in [-0.2, -0.15) is 4.98 Å². The Bertz CT molecular complexity index is 1140. The molecule has 1 spiro atoms. The van der Waals surface area contributed by atoms with Crippen molar-refractivity contribution in [3.05, 3.63) is 71.9 Å². The van der Waals surface area contributed by atoms with Gasteiger partial charge in [0.2, 0.25) is 10.8 Å². The molecule has 1 atom stereocenters. The van der Waals surface area contributed by atoms with E-state index in [9.17, 15) is 9.59 Å². The molecular formula is C20H14Cl2N4O3S. The SMILES string of the molecule is O=C1CSC2(C(=O)N(Cc3noc(C(Cl)Cl)n3)c3ccccc32)N1c1ccccc1. The van der Waals surface area contributed by atoms with Crippen LogP contribution >= 0.6 is 35.0 Å². The molecule has 0 N–H and O–H groups in total. The molecule has 3 aromatic rings. The highest BCUT2D eigenvalue weighted by Gasteiger charge is 2.61. The molecule has 2 aromatic carbocycles. The molecule has 3 heterocycles. The predicted molar refractivity (Wildman–Crippen MR) is 114 cm³/mol. The number of carbonyl (C=O) groups excluding carboxylic acids is 2. The molecular weight excluding hydrogens is 447 g/mol. The number of alkyl halides is 2. The quantitative estimate of drug-likeness (QED) is 0.546. The van der Waals surface area contributed by atoms with Gasteiger partial charge in [0.05, 0.1) is 18.0 Å². The van der Waals surface area contributed by atoms with Crippen molar-refractivity contribution in [2.24, 2.45) is 0 Å². The highest BCUT2D eigenvalue weighted by atomic mass is 35.5. The Kier molecular flexibility index (Phi) is 4.72. The van der Waals surface area contributed by atoms with E-state index >= 15 is 0 Å². The smallest absolute Gasteiger partial charge is 0.269 e. The van der Waals surface area contributed by atoms with Crippen molar-refractivity contribution < 1.29 is 14.1 Å². The average Bonchev–Trinajstić information content (AvgIpc) is 3.42. The van der Waals surface area contributed by atoms with Crippen LogP contribution in [-0.4, -0.2) is 27.7 Å². The Balaban J connectivity index is 1.60. The molecule has 0 bridgehead atoms. The zero-order valence-electron chi connectivity index (χ0n) is 15.4. The number of halogens is 2. The van der Waals surface area contributed by atoms with E-state index in [0.29, 0.717) is 11.4 Å². The summed E-state index contributed by atoms with van der Waals surface area (Å²) in [7, 11) is 0. The van der Waals surface area contributed by atoms with Gasteiger partial charge >= 0.3 is 0 Å². The van der Waals surface area contributed by atoms with Crippen LogP contribution in [0.5, 0.6) is 0 Å². The fourth-order valence-corrected chi connectivity index (χ4v) is 5.39. The Morgan fingerprint density at radius 2 is 1.83 bits per heavy atom. The first-order valence-electron chi connectivity index (χ1n) is 9.06. The van der Waals surface area contributed by atoms with Crippen LogP contribution in [0.3, 0.4) is 0 Å². The second-order valence-electron chi connectivity index (χ2n) is 6.76. The van der Waals surface area contributed by atoms with Gasteiger partial charge in [-0.25, -0.2) is 0 Å². The van der Waals surface area contributed by atoms with Gasteiger partial charge in [0.25, 0.3) is 11.8 Å². The maximum atomic E-state index is 13.8. The number of nitrogens with zero attached hydrogens (tertiary/aromatic N) is 4. The van der Waals surface area contributed by atoms with Crippen LogP contribution in [0.2, 0.25) is 0 Å². The zero-order chi connectivity index (χ0) is 20.9. The molecule has 2 amide bonds. The van der Waals surface area contributed by atoms with E-state index in [-0.39, 0.29) is 35.8 Å². The fourth-order valence-electron chi connectivity index (χ4n) is 3.85. The lowest BCUT2D eigenvalue weighted by Crippen LogP contribution is -2.49. The van der Waals surface area contributed by atoms with Crippen LogP contribution in [0.4, 0.5) is 11.4 Å². The normalized spacial score (nSPS) is 20.6. The standard InChI is InChI=1S/C20H14Cl2N4O3S/c21-17(22)18-23-15(24-29-18)10-25-14-9-5-4-8-13(14)20(19(25)28)26(16(27)11-30-20)12-6-2-1-3-7-12/h1-9,17H,10-11H2. The number of amides is 2. The predicted octanol–water partition coefficient (Wildman–Crippen LogP) is 4.03. The number of fused-ring (bicyclic) bond motifs is 2. The van der Waals surface area contributed by atoms with Gasteiger partial charge in [0.15, 0.2) is 10.7 Å². The van der Waals surface area contributed by atoms with Gasteiger partial charge in [0, 0.05) is 11.3 Å². The molecule has 30 heavy (non-hydrogen) atoms. The summed E-state index contributed by atoms with van der Waals surface area (Å²) in [4.78, 5) is 31.9. The molecule has 2 aliphatic rings. The molecule has 1 aromatic heterocycles. The van der Waals surface area contributed by atoms with Crippen LogP contribution in [-0.2, 0) is 21.0 Å². The number of para-hydroxylation sites is 2. The number of anilines is 2. The molecule has 2 aliphatic heterocycles. The number of carbonyl (C=O) groups is 2. The van der Waals surface area contributed by atoms with E-state index in [1.807, 2.05) is 54.6 Å². The molecule has 10 heteroatoms. The summed E-state index contributed by atoms with van der Waals surface area (Å²) in [6, 6.07) is 16.7. The van der Waals surface area contributed by atoms with Gasteiger partial charge in [-0.1, -0.05) is 64.8 Å². The number of rotatable bonds is 4. The van der Waals surface area contributed by atoms with E-state index in [0.717, 1.165) is 5.56 Å². The van der Waals surface area contributed by atoms with Crippen molar-refractivity contribution in [1.29, 1.82) is 0 Å². The third-order valence-corrected chi connectivity index (χ3v) is 6.81. The third kappa shape index (κ3) is 2.82. The van der Waals surface area contributed by atoms with Crippen molar-refractivity contribution in [2.45, 2.75) is 16.3 Å². The van der Waals surface area contributed by atoms with Crippen molar-refractivity contribution >= 4 is 58.2 Å². The van der Waals surface area contributed by atoms with E-state index in [4.69, 9.17) is 27.7 Å². The molecule has 0 aliphatic carbocycles. The fraction of sp³-hybridized carbons (Fsp3) is 0.200. The Labute approximate surface area is 185 Å². The lowest BCUT2D eigenvalue weighted by Gasteiger charge is -2.33. The maximum Gasteiger partial charge on any atom is 0.269 e. The van der Waals surface area contributed by atoms with Crippen molar-refractivity contribution in [2.75, 3.05) is 15.6 Å². The summed E-state index contributed by atoms with van der Waals surface area (Å²) in [5.41, 5.74) is 2.13. The first kappa shape index (κ1) is 19.4. The third-order valence-electron chi connectivity index (χ3n) is 5.05. The molecule has 1 saturated heterocycles. The number of hydrogen-bond acceptors (Lipinski definition) is 6. The van der Waals surface area contributed by atoms with Crippen LogP contribution in [0.1, 0.15) is 22.1 Å². The highest BCUT2D eigenvalue weighted by molar-refractivity contribution is 8.02.